The molecule has 0 spiro atoms. The molecular weight excluding hydrogens is 230 g/mol. The molecule has 18 heavy (non-hydrogen) atoms. The van der Waals surface area contributed by atoms with Crippen LogP contribution in [-0.4, -0.2) is 67.2 Å². The van der Waals surface area contributed by atoms with Gasteiger partial charge in [0.25, 0.3) is 0 Å². The zero-order valence-electron chi connectivity index (χ0n) is 11.9. The molecule has 1 saturated heterocycles. The Bertz CT molecular complexity index is 255. The van der Waals surface area contributed by atoms with Gasteiger partial charge in [-0.3, -0.25) is 9.69 Å². The lowest BCUT2D eigenvalue weighted by Gasteiger charge is -2.34. The van der Waals surface area contributed by atoms with E-state index < -0.39 is 0 Å². The van der Waals surface area contributed by atoms with Crippen molar-refractivity contribution >= 4 is 5.97 Å². The second kappa shape index (κ2) is 7.07. The zero-order chi connectivity index (χ0) is 13.6. The van der Waals surface area contributed by atoms with Gasteiger partial charge in [-0.1, -0.05) is 0 Å². The number of nitrogens with two attached hydrogens (primary N) is 1. The van der Waals surface area contributed by atoms with Crippen molar-refractivity contribution in [1.29, 1.82) is 0 Å². The van der Waals surface area contributed by atoms with Gasteiger partial charge in [-0.25, -0.2) is 0 Å². The largest absolute Gasteiger partial charge is 0.459 e. The minimum atomic E-state index is -0.389. The van der Waals surface area contributed by atoms with E-state index in [0.717, 1.165) is 45.7 Å². The van der Waals surface area contributed by atoms with Gasteiger partial charge in [0.2, 0.25) is 0 Å². The molecule has 0 saturated carbocycles. The van der Waals surface area contributed by atoms with Gasteiger partial charge in [-0.15, -0.1) is 0 Å². The molecule has 0 aromatic rings. The van der Waals surface area contributed by atoms with Crippen molar-refractivity contribution in [3.63, 3.8) is 0 Å². The van der Waals surface area contributed by atoms with Crippen molar-refractivity contribution in [3.8, 4) is 0 Å². The first kappa shape index (κ1) is 15.4. The third-order valence-electron chi connectivity index (χ3n) is 2.92. The highest BCUT2D eigenvalue weighted by molar-refractivity contribution is 5.72. The predicted molar refractivity (Wildman–Crippen MR) is 72.4 cm³/mol. The first-order chi connectivity index (χ1) is 8.40. The second-order valence-electron chi connectivity index (χ2n) is 5.85. The maximum absolute atomic E-state index is 11.7. The highest BCUT2D eigenvalue weighted by atomic mass is 16.6. The Hall–Kier alpha value is -0.650. The Morgan fingerprint density at radius 2 is 1.72 bits per heavy atom. The zero-order valence-corrected chi connectivity index (χ0v) is 11.9. The molecule has 0 aliphatic carbocycles. The summed E-state index contributed by atoms with van der Waals surface area (Å²) in [6.45, 7) is 11.8. The van der Waals surface area contributed by atoms with Crippen LogP contribution in [0.2, 0.25) is 0 Å². The fourth-order valence-electron chi connectivity index (χ4n) is 2.04. The maximum atomic E-state index is 11.7. The topological polar surface area (TPSA) is 58.8 Å². The second-order valence-corrected chi connectivity index (χ2v) is 5.85. The van der Waals surface area contributed by atoms with E-state index in [1.165, 1.54) is 0 Å². The molecule has 2 N–H and O–H groups in total. The van der Waals surface area contributed by atoms with Crippen LogP contribution in [0, 0.1) is 0 Å². The van der Waals surface area contributed by atoms with Crippen LogP contribution >= 0.6 is 0 Å². The standard InChI is InChI=1S/C13H27N3O2/c1-13(2,3)18-12(17)11-16-9-7-15(8-10-16)6-4-5-14/h4-11,14H2,1-3H3. The Kier molecular flexibility index (Phi) is 6.05. The van der Waals surface area contributed by atoms with Gasteiger partial charge in [0.1, 0.15) is 5.60 Å². The van der Waals surface area contributed by atoms with Gasteiger partial charge >= 0.3 is 5.97 Å². The lowest BCUT2D eigenvalue weighted by atomic mass is 10.2. The maximum Gasteiger partial charge on any atom is 0.320 e. The average molecular weight is 257 g/mol. The van der Waals surface area contributed by atoms with Crippen LogP contribution < -0.4 is 5.73 Å². The van der Waals surface area contributed by atoms with Crippen LogP contribution in [0.25, 0.3) is 0 Å². The first-order valence-corrected chi connectivity index (χ1v) is 6.77. The molecule has 0 aromatic heterocycles. The number of rotatable bonds is 5. The SMILES string of the molecule is CC(C)(C)OC(=O)CN1CCN(CCCN)CC1. The molecule has 0 unspecified atom stereocenters. The van der Waals surface area contributed by atoms with Crippen LogP contribution in [0.1, 0.15) is 27.2 Å². The summed E-state index contributed by atoms with van der Waals surface area (Å²) in [6, 6.07) is 0. The average Bonchev–Trinajstić information content (AvgIpc) is 2.25. The molecule has 5 heteroatoms. The molecule has 0 atom stereocenters. The third-order valence-corrected chi connectivity index (χ3v) is 2.92. The number of hydrogen-bond donors (Lipinski definition) is 1. The molecule has 1 fully saturated rings. The van der Waals surface area contributed by atoms with E-state index in [2.05, 4.69) is 9.80 Å². The third kappa shape index (κ3) is 6.33. The van der Waals surface area contributed by atoms with Crippen molar-refractivity contribution in [2.45, 2.75) is 32.8 Å². The summed E-state index contributed by atoms with van der Waals surface area (Å²) in [7, 11) is 0. The Morgan fingerprint density at radius 1 is 1.17 bits per heavy atom. The van der Waals surface area contributed by atoms with Crippen LogP contribution in [0.4, 0.5) is 0 Å². The molecule has 106 valence electrons. The molecule has 0 amide bonds. The predicted octanol–water partition coefficient (Wildman–Crippen LogP) is 0.295. The minimum absolute atomic E-state index is 0.127. The molecular formula is C13H27N3O2. The fourth-order valence-corrected chi connectivity index (χ4v) is 2.04. The van der Waals surface area contributed by atoms with Crippen LogP contribution in [0.15, 0.2) is 0 Å². The van der Waals surface area contributed by atoms with Crippen molar-refractivity contribution in [2.75, 3.05) is 45.8 Å². The van der Waals surface area contributed by atoms with E-state index in [1.54, 1.807) is 0 Å². The van der Waals surface area contributed by atoms with Crippen LogP contribution in [-0.2, 0) is 9.53 Å². The molecule has 1 heterocycles. The van der Waals surface area contributed by atoms with E-state index in [0.29, 0.717) is 6.54 Å². The lowest BCUT2D eigenvalue weighted by Crippen LogP contribution is -2.48. The molecule has 5 nitrogen and oxygen atoms in total. The molecule has 0 radical (unpaired) electrons. The number of ether oxygens (including phenoxy) is 1. The molecule has 1 aliphatic heterocycles. The fraction of sp³-hybridized carbons (Fsp3) is 0.923. The smallest absolute Gasteiger partial charge is 0.320 e. The van der Waals surface area contributed by atoms with Gasteiger partial charge in [0.15, 0.2) is 0 Å². The van der Waals surface area contributed by atoms with Gasteiger partial charge < -0.3 is 15.4 Å². The Labute approximate surface area is 110 Å². The number of hydrogen-bond acceptors (Lipinski definition) is 5. The number of carbonyl (C=O) groups is 1. The van der Waals surface area contributed by atoms with Crippen LogP contribution in [0.5, 0.6) is 0 Å². The molecule has 1 rings (SSSR count). The van der Waals surface area contributed by atoms with E-state index in [9.17, 15) is 4.79 Å². The summed E-state index contributed by atoms with van der Waals surface area (Å²) >= 11 is 0. The molecule has 0 bridgehead atoms. The summed E-state index contributed by atoms with van der Waals surface area (Å²) < 4.78 is 5.32. The summed E-state index contributed by atoms with van der Waals surface area (Å²) in [5, 5.41) is 0. The number of nitrogens with zero attached hydrogens (tertiary/aromatic N) is 2. The van der Waals surface area contributed by atoms with Gasteiger partial charge in [0, 0.05) is 26.2 Å². The van der Waals surface area contributed by atoms with Gasteiger partial charge in [-0.05, 0) is 40.3 Å². The number of esters is 1. The van der Waals surface area contributed by atoms with Gasteiger partial charge in [-0.2, -0.15) is 0 Å². The monoisotopic (exact) mass is 257 g/mol. The van der Waals surface area contributed by atoms with Gasteiger partial charge in [0.05, 0.1) is 6.54 Å². The number of piperazine rings is 1. The van der Waals surface area contributed by atoms with Crippen molar-refractivity contribution in [2.24, 2.45) is 5.73 Å². The van der Waals surface area contributed by atoms with Crippen LogP contribution in [0.3, 0.4) is 0 Å². The summed E-state index contributed by atoms with van der Waals surface area (Å²) in [6.07, 6.45) is 1.05. The van der Waals surface area contributed by atoms with E-state index in [1.807, 2.05) is 20.8 Å². The molecule has 1 aliphatic rings. The first-order valence-electron chi connectivity index (χ1n) is 6.77. The lowest BCUT2D eigenvalue weighted by molar-refractivity contribution is -0.156. The normalized spacial score (nSPS) is 18.9. The highest BCUT2D eigenvalue weighted by Crippen LogP contribution is 2.08. The summed E-state index contributed by atoms with van der Waals surface area (Å²) in [5.74, 6) is -0.127. The Morgan fingerprint density at radius 3 is 2.22 bits per heavy atom. The highest BCUT2D eigenvalue weighted by Gasteiger charge is 2.22. The van der Waals surface area contributed by atoms with Crippen molar-refractivity contribution in [3.05, 3.63) is 0 Å². The van der Waals surface area contributed by atoms with E-state index in [4.69, 9.17) is 10.5 Å². The van der Waals surface area contributed by atoms with E-state index >= 15 is 0 Å². The van der Waals surface area contributed by atoms with Crippen molar-refractivity contribution in [1.82, 2.24) is 9.80 Å². The molecule has 0 aromatic carbocycles. The summed E-state index contributed by atoms with van der Waals surface area (Å²) in [5.41, 5.74) is 5.11. The Balaban J connectivity index is 2.21. The summed E-state index contributed by atoms with van der Waals surface area (Å²) in [4.78, 5) is 16.2. The van der Waals surface area contributed by atoms with Crippen molar-refractivity contribution < 1.29 is 9.53 Å². The quantitative estimate of drug-likeness (QED) is 0.718. The minimum Gasteiger partial charge on any atom is -0.459 e. The number of carbonyl (C=O) groups excluding carboxylic acids is 1. The van der Waals surface area contributed by atoms with E-state index in [-0.39, 0.29) is 11.6 Å².